The van der Waals surface area contributed by atoms with Gasteiger partial charge in [0.05, 0.1) is 12.0 Å². The van der Waals surface area contributed by atoms with E-state index in [1.54, 1.807) is 46.3 Å². The molecule has 0 N–H and O–H groups in total. The lowest BCUT2D eigenvalue weighted by molar-refractivity contribution is 0.0351. The van der Waals surface area contributed by atoms with E-state index in [4.69, 9.17) is 9.47 Å². The summed E-state index contributed by atoms with van der Waals surface area (Å²) in [6, 6.07) is 16.7. The quantitative estimate of drug-likeness (QED) is 0.272. The van der Waals surface area contributed by atoms with Gasteiger partial charge in [-0.3, -0.25) is 4.90 Å². The van der Waals surface area contributed by atoms with Gasteiger partial charge in [0.15, 0.2) is 0 Å². The Kier molecular flexibility index (Phi) is 10.6. The second-order valence-electron chi connectivity index (χ2n) is 12.3. The lowest BCUT2D eigenvalue weighted by atomic mass is 9.79. The van der Waals surface area contributed by atoms with Crippen LogP contribution in [0.1, 0.15) is 42.4 Å². The Hall–Kier alpha value is -3.25. The first-order valence-electron chi connectivity index (χ1n) is 16.0. The summed E-state index contributed by atoms with van der Waals surface area (Å²) >= 11 is 0. The maximum Gasteiger partial charge on any atom is 0.318 e. The van der Waals surface area contributed by atoms with Crippen molar-refractivity contribution >= 4 is 15.8 Å². The monoisotopic (exact) mass is 636 g/mol. The Morgan fingerprint density at radius 2 is 1.60 bits per heavy atom. The van der Waals surface area contributed by atoms with Gasteiger partial charge in [0, 0.05) is 58.6 Å². The number of hydrogen-bond acceptors (Lipinski definition) is 9. The zero-order valence-electron chi connectivity index (χ0n) is 27.4. The van der Waals surface area contributed by atoms with E-state index in [-0.39, 0.29) is 24.7 Å². The van der Waals surface area contributed by atoms with Crippen LogP contribution in [0.4, 0.5) is 5.82 Å². The summed E-state index contributed by atoms with van der Waals surface area (Å²) in [6.07, 6.45) is 6.57. The number of anilines is 1. The molecule has 2 aliphatic heterocycles. The Labute approximate surface area is 269 Å². The van der Waals surface area contributed by atoms with Gasteiger partial charge in [-0.25, -0.2) is 13.4 Å². The zero-order valence-corrected chi connectivity index (χ0v) is 28.2. The third-order valence-electron chi connectivity index (χ3n) is 9.44. The molecule has 3 heterocycles. The number of likely N-dealkylation sites (N-methyl/N-ethyl adjacent to an activating group) is 2. The average molecular weight is 637 g/mol. The maximum atomic E-state index is 13.3. The molecule has 0 aliphatic carbocycles. The highest BCUT2D eigenvalue weighted by Gasteiger charge is 2.42. The van der Waals surface area contributed by atoms with Gasteiger partial charge in [0.25, 0.3) is 0 Å². The lowest BCUT2D eigenvalue weighted by Gasteiger charge is -2.48. The number of methoxy groups -OCH3 is 1. The molecule has 244 valence electrons. The van der Waals surface area contributed by atoms with Gasteiger partial charge in [-0.1, -0.05) is 30.3 Å². The lowest BCUT2D eigenvalue weighted by Crippen LogP contribution is -2.53. The molecule has 2 aliphatic rings. The Morgan fingerprint density at radius 3 is 2.24 bits per heavy atom. The minimum atomic E-state index is -3.71. The van der Waals surface area contributed by atoms with E-state index in [0.717, 1.165) is 44.8 Å². The molecule has 11 heteroatoms. The molecule has 0 amide bonds. The van der Waals surface area contributed by atoms with Crippen LogP contribution in [-0.2, 0) is 15.6 Å². The number of piperidine rings is 1. The Balaban J connectivity index is 1.12. The molecule has 2 fully saturated rings. The molecule has 0 saturated carbocycles. The fourth-order valence-corrected chi connectivity index (χ4v) is 8.38. The molecule has 2 aromatic carbocycles. The van der Waals surface area contributed by atoms with Crippen LogP contribution in [0.5, 0.6) is 11.8 Å². The summed E-state index contributed by atoms with van der Waals surface area (Å²) in [4.78, 5) is 16.6. The molecule has 0 radical (unpaired) electrons. The third-order valence-corrected chi connectivity index (χ3v) is 11.6. The number of benzene rings is 2. The minimum Gasteiger partial charge on any atom is -0.497 e. The first-order valence-corrected chi connectivity index (χ1v) is 17.4. The van der Waals surface area contributed by atoms with E-state index < -0.39 is 10.0 Å². The van der Waals surface area contributed by atoms with Crippen molar-refractivity contribution in [1.82, 2.24) is 24.1 Å². The summed E-state index contributed by atoms with van der Waals surface area (Å²) in [6.45, 7) is 10.2. The average Bonchev–Trinajstić information content (AvgIpc) is 3.60. The number of nitrogens with zero attached hydrogens (tertiary/aromatic N) is 6. The van der Waals surface area contributed by atoms with Crippen LogP contribution in [0.3, 0.4) is 0 Å². The van der Waals surface area contributed by atoms with Crippen LogP contribution < -0.4 is 14.4 Å². The van der Waals surface area contributed by atoms with Crippen molar-refractivity contribution in [2.24, 2.45) is 0 Å². The highest BCUT2D eigenvalue weighted by atomic mass is 32.2. The number of rotatable bonds is 13. The van der Waals surface area contributed by atoms with Gasteiger partial charge in [-0.05, 0) is 87.5 Å². The molecular weight excluding hydrogens is 588 g/mol. The number of likely N-dealkylation sites (tertiary alicyclic amines) is 2. The Morgan fingerprint density at radius 1 is 0.933 bits per heavy atom. The molecule has 5 rings (SSSR count). The van der Waals surface area contributed by atoms with E-state index in [2.05, 4.69) is 55.0 Å². The van der Waals surface area contributed by atoms with Gasteiger partial charge < -0.3 is 19.3 Å². The van der Waals surface area contributed by atoms with Crippen LogP contribution in [0.25, 0.3) is 0 Å². The summed E-state index contributed by atoms with van der Waals surface area (Å²) in [7, 11) is 1.46. The van der Waals surface area contributed by atoms with E-state index in [1.807, 2.05) is 13.1 Å². The van der Waals surface area contributed by atoms with E-state index in [1.165, 1.54) is 35.8 Å². The topological polar surface area (TPSA) is 91.3 Å². The summed E-state index contributed by atoms with van der Waals surface area (Å²) in [5, 5.41) is 0. The van der Waals surface area contributed by atoms with Gasteiger partial charge >= 0.3 is 6.01 Å². The van der Waals surface area contributed by atoms with E-state index >= 15 is 0 Å². The number of aromatic nitrogens is 2. The first kappa shape index (κ1) is 33.1. The van der Waals surface area contributed by atoms with Crippen LogP contribution in [0.15, 0.2) is 59.6 Å². The van der Waals surface area contributed by atoms with Crippen LogP contribution in [-0.4, -0.2) is 106 Å². The summed E-state index contributed by atoms with van der Waals surface area (Å²) in [5.41, 5.74) is 2.90. The molecule has 0 atom stereocenters. The molecule has 0 bridgehead atoms. The number of hydrogen-bond donors (Lipinski definition) is 0. The minimum absolute atomic E-state index is 0.130. The van der Waals surface area contributed by atoms with Gasteiger partial charge in [-0.2, -0.15) is 9.29 Å². The summed E-state index contributed by atoms with van der Waals surface area (Å²) in [5.74, 6) is 1.41. The molecule has 1 aromatic heterocycles. The molecule has 0 spiro atoms. The van der Waals surface area contributed by atoms with Gasteiger partial charge in [-0.15, -0.1) is 0 Å². The molecule has 3 aromatic rings. The number of sulfonamides is 1. The van der Waals surface area contributed by atoms with Crippen molar-refractivity contribution in [2.75, 3.05) is 78.5 Å². The van der Waals surface area contributed by atoms with Crippen molar-refractivity contribution in [3.8, 4) is 11.8 Å². The van der Waals surface area contributed by atoms with Crippen LogP contribution >= 0.6 is 0 Å². The van der Waals surface area contributed by atoms with Crippen molar-refractivity contribution in [1.29, 1.82) is 0 Å². The van der Waals surface area contributed by atoms with E-state index in [9.17, 15) is 8.42 Å². The predicted molar refractivity (Wildman–Crippen MR) is 178 cm³/mol. The number of aryl methyl sites for hydroxylation is 2. The van der Waals surface area contributed by atoms with Crippen LogP contribution in [0.2, 0.25) is 0 Å². The standard InChI is InChI=1S/C34H48N6O4S/c1-27-25-30(43-5)26-28(2)32(27)45(41,42)38(4)23-24-44-33-35-16-13-31(36-33)37(3)21-22-39-19-14-34(15-20-39,40-17-9-10-18-40)29-11-7-6-8-12-29/h6-8,11-13,16,25-26H,9-10,14-15,17-24H2,1-5H3. The van der Waals surface area contributed by atoms with Crippen molar-refractivity contribution < 1.29 is 17.9 Å². The first-order chi connectivity index (χ1) is 21.6. The smallest absolute Gasteiger partial charge is 0.318 e. The SMILES string of the molecule is COc1cc(C)c(S(=O)(=O)N(C)CCOc2nccc(N(C)CCN3CCC(c4ccccc4)(N4CCCC4)CC3)n2)c(C)c1. The van der Waals surface area contributed by atoms with Crippen molar-refractivity contribution in [3.05, 3.63) is 71.4 Å². The molecule has 2 saturated heterocycles. The fourth-order valence-electron chi connectivity index (χ4n) is 6.82. The predicted octanol–water partition coefficient (Wildman–Crippen LogP) is 4.32. The third kappa shape index (κ3) is 7.43. The van der Waals surface area contributed by atoms with Gasteiger partial charge in [0.2, 0.25) is 10.0 Å². The van der Waals surface area contributed by atoms with Crippen molar-refractivity contribution in [3.63, 3.8) is 0 Å². The van der Waals surface area contributed by atoms with Crippen LogP contribution in [0, 0.1) is 13.8 Å². The fraction of sp³-hybridized carbons (Fsp3) is 0.529. The Bertz CT molecular complexity index is 1500. The highest BCUT2D eigenvalue weighted by Crippen LogP contribution is 2.40. The molecule has 10 nitrogen and oxygen atoms in total. The molecule has 0 unspecified atom stereocenters. The second kappa shape index (κ2) is 14.5. The zero-order chi connectivity index (χ0) is 32.0. The molecule has 45 heavy (non-hydrogen) atoms. The van der Waals surface area contributed by atoms with E-state index in [0.29, 0.717) is 21.8 Å². The van der Waals surface area contributed by atoms with Gasteiger partial charge in [0.1, 0.15) is 18.2 Å². The number of ether oxygens (including phenoxy) is 2. The molecular formula is C34H48N6O4S. The largest absolute Gasteiger partial charge is 0.497 e. The summed E-state index contributed by atoms with van der Waals surface area (Å²) < 4.78 is 39.0. The highest BCUT2D eigenvalue weighted by molar-refractivity contribution is 7.89. The maximum absolute atomic E-state index is 13.3. The van der Waals surface area contributed by atoms with Crippen molar-refractivity contribution in [2.45, 2.75) is 50.0 Å². The normalized spacial score (nSPS) is 17.5. The second-order valence-corrected chi connectivity index (χ2v) is 14.3.